The van der Waals surface area contributed by atoms with E-state index in [0.717, 1.165) is 18.5 Å². The van der Waals surface area contributed by atoms with Crippen molar-refractivity contribution < 1.29 is 4.79 Å². The quantitative estimate of drug-likeness (QED) is 0.780. The van der Waals surface area contributed by atoms with Gasteiger partial charge in [-0.1, -0.05) is 0 Å². The third-order valence-electron chi connectivity index (χ3n) is 3.21. The highest BCUT2D eigenvalue weighted by molar-refractivity contribution is 5.96. The molecule has 1 aromatic carbocycles. The Kier molecular flexibility index (Phi) is 3.22. The van der Waals surface area contributed by atoms with E-state index in [4.69, 9.17) is 5.73 Å². The maximum atomic E-state index is 11.9. The van der Waals surface area contributed by atoms with Gasteiger partial charge >= 0.3 is 0 Å². The summed E-state index contributed by atoms with van der Waals surface area (Å²) in [4.78, 5) is 13.8. The van der Waals surface area contributed by atoms with E-state index < -0.39 is 0 Å². The number of nitrogens with one attached hydrogen (secondary N) is 1. The Bertz CT molecular complexity index is 425. The number of anilines is 2. The van der Waals surface area contributed by atoms with E-state index in [1.165, 1.54) is 6.42 Å². The molecule has 0 radical (unpaired) electrons. The summed E-state index contributed by atoms with van der Waals surface area (Å²) >= 11 is 0. The fraction of sp³-hybridized carbons (Fsp3) is 0.462. The Morgan fingerprint density at radius 1 is 1.41 bits per heavy atom. The van der Waals surface area contributed by atoms with Gasteiger partial charge in [-0.2, -0.15) is 0 Å². The van der Waals surface area contributed by atoms with Crippen LogP contribution in [0.5, 0.6) is 0 Å². The zero-order chi connectivity index (χ0) is 12.4. The highest BCUT2D eigenvalue weighted by Gasteiger charge is 2.20. The summed E-state index contributed by atoms with van der Waals surface area (Å²) < 4.78 is 0. The molecule has 0 unspecified atom stereocenters. The first-order valence-electron chi connectivity index (χ1n) is 5.95. The van der Waals surface area contributed by atoms with E-state index in [1.807, 2.05) is 31.1 Å². The van der Waals surface area contributed by atoms with Crippen LogP contribution in [0.3, 0.4) is 0 Å². The number of amides is 1. The molecule has 4 heteroatoms. The van der Waals surface area contributed by atoms with Crippen molar-refractivity contribution in [1.82, 2.24) is 5.32 Å². The first-order chi connectivity index (χ1) is 8.08. The molecule has 1 aromatic rings. The molecule has 0 saturated heterocycles. The number of nitrogen functional groups attached to an aromatic ring is 1. The van der Waals surface area contributed by atoms with Gasteiger partial charge in [0, 0.05) is 25.7 Å². The van der Waals surface area contributed by atoms with Crippen LogP contribution < -0.4 is 16.0 Å². The number of carbonyl (C=O) groups excluding carboxylic acids is 1. The third-order valence-corrected chi connectivity index (χ3v) is 3.21. The zero-order valence-electron chi connectivity index (χ0n) is 10.4. The van der Waals surface area contributed by atoms with Crippen LogP contribution in [0.4, 0.5) is 11.4 Å². The van der Waals surface area contributed by atoms with Crippen molar-refractivity contribution in [3.8, 4) is 0 Å². The average Bonchev–Trinajstić information content (AvgIpc) is 2.22. The standard InChI is InChI=1S/C13H19N3O/c1-16(2)12-7-6-9(8-11(12)14)13(17)15-10-4-3-5-10/h6-8,10H,3-5,14H2,1-2H3,(H,15,17). The van der Waals surface area contributed by atoms with E-state index in [2.05, 4.69) is 5.32 Å². The highest BCUT2D eigenvalue weighted by Crippen LogP contribution is 2.23. The molecule has 0 aromatic heterocycles. The second-order valence-electron chi connectivity index (χ2n) is 4.77. The lowest BCUT2D eigenvalue weighted by atomic mass is 9.93. The Labute approximate surface area is 102 Å². The molecule has 1 amide bonds. The lowest BCUT2D eigenvalue weighted by molar-refractivity contribution is 0.0917. The molecular formula is C13H19N3O. The van der Waals surface area contributed by atoms with E-state index in [-0.39, 0.29) is 5.91 Å². The molecule has 4 nitrogen and oxygen atoms in total. The number of hydrogen-bond acceptors (Lipinski definition) is 3. The third kappa shape index (κ3) is 2.52. The van der Waals surface area contributed by atoms with Crippen LogP contribution in [0.15, 0.2) is 18.2 Å². The van der Waals surface area contributed by atoms with Crippen LogP contribution in [0.1, 0.15) is 29.6 Å². The minimum absolute atomic E-state index is 0.0216. The van der Waals surface area contributed by atoms with Crippen LogP contribution >= 0.6 is 0 Å². The van der Waals surface area contributed by atoms with Crippen molar-refractivity contribution in [2.45, 2.75) is 25.3 Å². The lowest BCUT2D eigenvalue weighted by Gasteiger charge is -2.26. The summed E-state index contributed by atoms with van der Waals surface area (Å²) in [6.45, 7) is 0. The van der Waals surface area contributed by atoms with Crippen molar-refractivity contribution in [2.75, 3.05) is 24.7 Å². The van der Waals surface area contributed by atoms with Gasteiger partial charge in [0.25, 0.3) is 5.91 Å². The summed E-state index contributed by atoms with van der Waals surface area (Å²) in [6, 6.07) is 5.80. The fourth-order valence-electron chi connectivity index (χ4n) is 1.92. The molecule has 3 N–H and O–H groups in total. The molecule has 2 rings (SSSR count). The molecule has 92 valence electrons. The number of rotatable bonds is 3. The van der Waals surface area contributed by atoms with Gasteiger partial charge < -0.3 is 16.0 Å². The normalized spacial score (nSPS) is 15.2. The van der Waals surface area contributed by atoms with Gasteiger partial charge in [0.1, 0.15) is 0 Å². The van der Waals surface area contributed by atoms with Crippen molar-refractivity contribution in [3.05, 3.63) is 23.8 Å². The Balaban J connectivity index is 2.10. The maximum Gasteiger partial charge on any atom is 0.251 e. The van der Waals surface area contributed by atoms with Crippen LogP contribution in [-0.4, -0.2) is 26.0 Å². The molecular weight excluding hydrogens is 214 g/mol. The van der Waals surface area contributed by atoms with Crippen LogP contribution in [-0.2, 0) is 0 Å². The van der Waals surface area contributed by atoms with E-state index in [9.17, 15) is 4.79 Å². The maximum absolute atomic E-state index is 11.9. The Morgan fingerprint density at radius 2 is 2.12 bits per heavy atom. The summed E-state index contributed by atoms with van der Waals surface area (Å²) in [5, 5.41) is 3.00. The monoisotopic (exact) mass is 233 g/mol. The van der Waals surface area contributed by atoms with Gasteiger partial charge in [0.2, 0.25) is 0 Å². The van der Waals surface area contributed by atoms with Crippen molar-refractivity contribution in [1.29, 1.82) is 0 Å². The molecule has 1 aliphatic carbocycles. The van der Waals surface area contributed by atoms with Crippen molar-refractivity contribution >= 4 is 17.3 Å². The number of nitrogens with two attached hydrogens (primary N) is 1. The molecule has 17 heavy (non-hydrogen) atoms. The van der Waals surface area contributed by atoms with Crippen LogP contribution in [0, 0.1) is 0 Å². The molecule has 0 bridgehead atoms. The van der Waals surface area contributed by atoms with Gasteiger partial charge in [-0.3, -0.25) is 4.79 Å². The number of hydrogen-bond donors (Lipinski definition) is 2. The minimum atomic E-state index is -0.0216. The lowest BCUT2D eigenvalue weighted by Crippen LogP contribution is -2.39. The van der Waals surface area contributed by atoms with Gasteiger partial charge in [-0.05, 0) is 37.5 Å². The largest absolute Gasteiger partial charge is 0.397 e. The van der Waals surface area contributed by atoms with Crippen LogP contribution in [0.2, 0.25) is 0 Å². The van der Waals surface area contributed by atoms with Crippen LogP contribution in [0.25, 0.3) is 0 Å². The minimum Gasteiger partial charge on any atom is -0.397 e. The van der Waals surface area contributed by atoms with E-state index >= 15 is 0 Å². The second kappa shape index (κ2) is 4.65. The Morgan fingerprint density at radius 3 is 2.59 bits per heavy atom. The SMILES string of the molecule is CN(C)c1ccc(C(=O)NC2CCC2)cc1N. The molecule has 1 aliphatic rings. The topological polar surface area (TPSA) is 58.4 Å². The van der Waals surface area contributed by atoms with Crippen molar-refractivity contribution in [2.24, 2.45) is 0 Å². The second-order valence-corrected chi connectivity index (χ2v) is 4.77. The van der Waals surface area contributed by atoms with Gasteiger partial charge in [-0.25, -0.2) is 0 Å². The van der Waals surface area contributed by atoms with E-state index in [1.54, 1.807) is 6.07 Å². The average molecular weight is 233 g/mol. The molecule has 0 atom stereocenters. The summed E-state index contributed by atoms with van der Waals surface area (Å²) in [5.41, 5.74) is 8.13. The number of carbonyl (C=O) groups is 1. The van der Waals surface area contributed by atoms with Gasteiger partial charge in [-0.15, -0.1) is 0 Å². The molecule has 1 saturated carbocycles. The Hall–Kier alpha value is -1.71. The summed E-state index contributed by atoms with van der Waals surface area (Å²) in [6.07, 6.45) is 3.40. The summed E-state index contributed by atoms with van der Waals surface area (Å²) in [7, 11) is 3.86. The summed E-state index contributed by atoms with van der Waals surface area (Å²) in [5.74, 6) is -0.0216. The first kappa shape index (κ1) is 11.8. The van der Waals surface area contributed by atoms with E-state index in [0.29, 0.717) is 17.3 Å². The highest BCUT2D eigenvalue weighted by atomic mass is 16.1. The zero-order valence-corrected chi connectivity index (χ0v) is 10.4. The van der Waals surface area contributed by atoms with Crippen molar-refractivity contribution in [3.63, 3.8) is 0 Å². The number of nitrogens with zero attached hydrogens (tertiary/aromatic N) is 1. The van der Waals surface area contributed by atoms with Gasteiger partial charge in [0.05, 0.1) is 11.4 Å². The molecule has 0 spiro atoms. The predicted octanol–water partition coefficient (Wildman–Crippen LogP) is 1.62. The fourth-order valence-corrected chi connectivity index (χ4v) is 1.92. The molecule has 0 aliphatic heterocycles. The first-order valence-corrected chi connectivity index (χ1v) is 5.95. The number of benzene rings is 1. The smallest absolute Gasteiger partial charge is 0.251 e. The predicted molar refractivity (Wildman–Crippen MR) is 70.3 cm³/mol. The molecule has 0 heterocycles. The molecule has 1 fully saturated rings. The van der Waals surface area contributed by atoms with Gasteiger partial charge in [0.15, 0.2) is 0 Å².